The van der Waals surface area contributed by atoms with Gasteiger partial charge in [0.15, 0.2) is 5.96 Å². The molecule has 2 aromatic rings. The number of hydrogen-bond acceptors (Lipinski definition) is 4. The Kier molecular flexibility index (Phi) is 6.44. The summed E-state index contributed by atoms with van der Waals surface area (Å²) in [5.74, 6) is 2.50. The highest BCUT2D eigenvalue weighted by molar-refractivity contribution is 5.80. The molecule has 2 N–H and O–H groups in total. The first-order chi connectivity index (χ1) is 12.0. The molecule has 6 heteroatoms. The Bertz CT molecular complexity index is 718. The summed E-state index contributed by atoms with van der Waals surface area (Å²) >= 11 is 0. The first-order valence-electron chi connectivity index (χ1n) is 8.49. The van der Waals surface area contributed by atoms with Crippen molar-refractivity contribution in [2.24, 2.45) is 4.99 Å². The molecule has 0 bridgehead atoms. The minimum atomic E-state index is 0.0696. The summed E-state index contributed by atoms with van der Waals surface area (Å²) in [6, 6.07) is 6.25. The standard InChI is InChI=1S/C19H28N4O2/c1-12-7-8-18(24-6)17(11-12)13(2)22-19(20-5)21-10-9-16-14(3)23-25-15(16)4/h7-8,11,13H,9-10H2,1-6H3,(H2,20,21,22). The molecular weight excluding hydrogens is 316 g/mol. The maximum atomic E-state index is 5.48. The van der Waals surface area contributed by atoms with Gasteiger partial charge in [0, 0.05) is 24.7 Å². The molecule has 0 saturated carbocycles. The van der Waals surface area contributed by atoms with E-state index in [0.717, 1.165) is 47.3 Å². The molecule has 1 aromatic carbocycles. The normalized spacial score (nSPS) is 12.8. The maximum Gasteiger partial charge on any atom is 0.191 e. The molecule has 0 spiro atoms. The third-order valence-corrected chi connectivity index (χ3v) is 4.28. The quantitative estimate of drug-likeness (QED) is 0.622. The molecule has 1 aromatic heterocycles. The molecule has 0 saturated heterocycles. The third-order valence-electron chi connectivity index (χ3n) is 4.28. The van der Waals surface area contributed by atoms with Crippen molar-refractivity contribution in [2.75, 3.05) is 20.7 Å². The van der Waals surface area contributed by atoms with Crippen LogP contribution in [0.3, 0.4) is 0 Å². The molecule has 0 radical (unpaired) electrons. The van der Waals surface area contributed by atoms with E-state index < -0.39 is 0 Å². The van der Waals surface area contributed by atoms with E-state index in [4.69, 9.17) is 9.26 Å². The second-order valence-corrected chi connectivity index (χ2v) is 6.16. The summed E-state index contributed by atoms with van der Waals surface area (Å²) in [5, 5.41) is 10.7. The van der Waals surface area contributed by atoms with E-state index in [9.17, 15) is 0 Å². The fourth-order valence-electron chi connectivity index (χ4n) is 2.83. The number of nitrogens with one attached hydrogen (secondary N) is 2. The number of nitrogens with zero attached hydrogens (tertiary/aromatic N) is 2. The maximum absolute atomic E-state index is 5.48. The molecule has 25 heavy (non-hydrogen) atoms. The van der Waals surface area contributed by atoms with E-state index in [1.807, 2.05) is 26.0 Å². The molecule has 0 aliphatic rings. The fourth-order valence-corrected chi connectivity index (χ4v) is 2.83. The van der Waals surface area contributed by atoms with Crippen LogP contribution >= 0.6 is 0 Å². The zero-order valence-electron chi connectivity index (χ0n) is 15.9. The molecule has 0 amide bonds. The Hall–Kier alpha value is -2.50. The number of methoxy groups -OCH3 is 1. The number of aromatic nitrogens is 1. The molecule has 1 heterocycles. The average molecular weight is 344 g/mol. The largest absolute Gasteiger partial charge is 0.496 e. The van der Waals surface area contributed by atoms with E-state index in [0.29, 0.717) is 0 Å². The summed E-state index contributed by atoms with van der Waals surface area (Å²) in [6.07, 6.45) is 0.837. The Morgan fingerprint density at radius 3 is 2.68 bits per heavy atom. The highest BCUT2D eigenvalue weighted by Gasteiger charge is 2.14. The monoisotopic (exact) mass is 344 g/mol. The summed E-state index contributed by atoms with van der Waals surface area (Å²) in [6.45, 7) is 8.82. The van der Waals surface area contributed by atoms with Crippen molar-refractivity contribution >= 4 is 5.96 Å². The van der Waals surface area contributed by atoms with Crippen molar-refractivity contribution < 1.29 is 9.26 Å². The number of ether oxygens (including phenoxy) is 1. The van der Waals surface area contributed by atoms with Gasteiger partial charge in [0.2, 0.25) is 0 Å². The first-order valence-corrected chi connectivity index (χ1v) is 8.49. The van der Waals surface area contributed by atoms with Crippen molar-refractivity contribution in [3.63, 3.8) is 0 Å². The van der Waals surface area contributed by atoms with Crippen LogP contribution in [0.25, 0.3) is 0 Å². The predicted molar refractivity (Wildman–Crippen MR) is 100 cm³/mol. The van der Waals surface area contributed by atoms with E-state index in [2.05, 4.69) is 40.7 Å². The van der Waals surface area contributed by atoms with E-state index in [-0.39, 0.29) is 6.04 Å². The number of rotatable bonds is 6. The molecular formula is C19H28N4O2. The minimum Gasteiger partial charge on any atom is -0.496 e. The molecule has 2 rings (SSSR count). The number of benzene rings is 1. The highest BCUT2D eigenvalue weighted by atomic mass is 16.5. The smallest absolute Gasteiger partial charge is 0.191 e. The van der Waals surface area contributed by atoms with Gasteiger partial charge in [-0.25, -0.2) is 0 Å². The van der Waals surface area contributed by atoms with Crippen molar-refractivity contribution in [3.05, 3.63) is 46.3 Å². The SMILES string of the molecule is CN=C(NCCc1c(C)noc1C)NC(C)c1cc(C)ccc1OC. The van der Waals surface area contributed by atoms with Gasteiger partial charge in [-0.2, -0.15) is 0 Å². The summed E-state index contributed by atoms with van der Waals surface area (Å²) in [7, 11) is 3.46. The second-order valence-electron chi connectivity index (χ2n) is 6.16. The van der Waals surface area contributed by atoms with Gasteiger partial charge in [0.1, 0.15) is 11.5 Å². The number of aliphatic imine (C=N–C) groups is 1. The van der Waals surface area contributed by atoms with Gasteiger partial charge in [-0.3, -0.25) is 4.99 Å². The fraction of sp³-hybridized carbons (Fsp3) is 0.474. The second kappa shape index (κ2) is 8.55. The van der Waals surface area contributed by atoms with Gasteiger partial charge >= 0.3 is 0 Å². The topological polar surface area (TPSA) is 71.7 Å². The van der Waals surface area contributed by atoms with Crippen molar-refractivity contribution in [1.29, 1.82) is 0 Å². The molecule has 0 aliphatic heterocycles. The number of guanidine groups is 1. The third kappa shape index (κ3) is 4.75. The van der Waals surface area contributed by atoms with Crippen LogP contribution in [-0.2, 0) is 6.42 Å². The van der Waals surface area contributed by atoms with Gasteiger partial charge < -0.3 is 19.9 Å². The van der Waals surface area contributed by atoms with Crippen LogP contribution in [-0.4, -0.2) is 31.8 Å². The Labute approximate surface area is 149 Å². The van der Waals surface area contributed by atoms with E-state index in [1.54, 1.807) is 14.2 Å². The van der Waals surface area contributed by atoms with Crippen LogP contribution < -0.4 is 15.4 Å². The molecule has 1 unspecified atom stereocenters. The van der Waals surface area contributed by atoms with Gasteiger partial charge in [0.05, 0.1) is 18.8 Å². The Morgan fingerprint density at radius 2 is 2.08 bits per heavy atom. The van der Waals surface area contributed by atoms with Crippen LogP contribution in [0.15, 0.2) is 27.7 Å². The van der Waals surface area contributed by atoms with Gasteiger partial charge in [-0.15, -0.1) is 0 Å². The molecule has 0 fully saturated rings. The van der Waals surface area contributed by atoms with E-state index in [1.165, 1.54) is 5.56 Å². The summed E-state index contributed by atoms with van der Waals surface area (Å²) in [4.78, 5) is 4.31. The highest BCUT2D eigenvalue weighted by Crippen LogP contribution is 2.25. The van der Waals surface area contributed by atoms with Crippen LogP contribution in [0, 0.1) is 20.8 Å². The molecule has 1 atom stereocenters. The van der Waals surface area contributed by atoms with Gasteiger partial charge in [-0.1, -0.05) is 22.9 Å². The molecule has 136 valence electrons. The van der Waals surface area contributed by atoms with Crippen molar-refractivity contribution in [2.45, 2.75) is 40.2 Å². The lowest BCUT2D eigenvalue weighted by Crippen LogP contribution is -2.39. The van der Waals surface area contributed by atoms with Crippen LogP contribution in [0.2, 0.25) is 0 Å². The number of aryl methyl sites for hydroxylation is 3. The zero-order valence-corrected chi connectivity index (χ0v) is 15.9. The Balaban J connectivity index is 1.97. The summed E-state index contributed by atoms with van der Waals surface area (Å²) < 4.78 is 10.7. The van der Waals surface area contributed by atoms with Crippen LogP contribution in [0.1, 0.15) is 41.1 Å². The van der Waals surface area contributed by atoms with Gasteiger partial charge in [0.25, 0.3) is 0 Å². The predicted octanol–water partition coefficient (Wildman–Crippen LogP) is 3.08. The van der Waals surface area contributed by atoms with Crippen molar-refractivity contribution in [1.82, 2.24) is 15.8 Å². The average Bonchev–Trinajstić information content (AvgIpc) is 2.92. The number of hydrogen-bond donors (Lipinski definition) is 2. The van der Waals surface area contributed by atoms with Crippen LogP contribution in [0.4, 0.5) is 0 Å². The van der Waals surface area contributed by atoms with Gasteiger partial charge in [-0.05, 0) is 40.2 Å². The van der Waals surface area contributed by atoms with Crippen LogP contribution in [0.5, 0.6) is 5.75 Å². The Morgan fingerprint density at radius 1 is 1.32 bits per heavy atom. The van der Waals surface area contributed by atoms with Crippen molar-refractivity contribution in [3.8, 4) is 5.75 Å². The molecule has 6 nitrogen and oxygen atoms in total. The lowest BCUT2D eigenvalue weighted by atomic mass is 10.0. The lowest BCUT2D eigenvalue weighted by molar-refractivity contribution is 0.392. The minimum absolute atomic E-state index is 0.0696. The zero-order chi connectivity index (χ0) is 18.4. The summed E-state index contributed by atoms with van der Waals surface area (Å²) in [5.41, 5.74) is 4.40. The lowest BCUT2D eigenvalue weighted by Gasteiger charge is -2.20. The first kappa shape index (κ1) is 18.8. The molecule has 0 aliphatic carbocycles. The van der Waals surface area contributed by atoms with E-state index >= 15 is 0 Å².